The van der Waals surface area contributed by atoms with Crippen LogP contribution in [0.25, 0.3) is 0 Å². The minimum atomic E-state index is -7.88. The number of alkyl halides is 9. The molecular formula is C17F18. The topological polar surface area (TPSA) is 0 Å². The van der Waals surface area contributed by atoms with Crippen molar-refractivity contribution >= 4 is 0 Å². The van der Waals surface area contributed by atoms with Crippen LogP contribution < -0.4 is 0 Å². The number of hydrogen-bond acceptors (Lipinski definition) is 0. The van der Waals surface area contributed by atoms with Gasteiger partial charge in [0.2, 0.25) is 5.82 Å². The van der Waals surface area contributed by atoms with Gasteiger partial charge in [-0.2, -0.15) is 39.5 Å². The number of benzene rings is 2. The highest BCUT2D eigenvalue weighted by Crippen LogP contribution is 2.72. The molecule has 0 radical (unpaired) electrons. The predicted octanol–water partition coefficient (Wildman–Crippen LogP) is 7.16. The van der Waals surface area contributed by atoms with Gasteiger partial charge in [-0.25, -0.2) is 39.5 Å². The predicted molar refractivity (Wildman–Crippen MR) is 73.1 cm³/mol. The summed E-state index contributed by atoms with van der Waals surface area (Å²) in [7, 11) is 0. The van der Waals surface area contributed by atoms with Gasteiger partial charge >= 0.3 is 23.9 Å². The van der Waals surface area contributed by atoms with Gasteiger partial charge in [0.1, 0.15) is 0 Å². The highest BCUT2D eigenvalue weighted by atomic mass is 19.4. The summed E-state index contributed by atoms with van der Waals surface area (Å²) in [5, 5.41) is 0. The van der Waals surface area contributed by atoms with Crippen LogP contribution in [0.4, 0.5) is 79.0 Å². The van der Waals surface area contributed by atoms with E-state index in [2.05, 4.69) is 0 Å². The normalized spacial score (nSPS) is 21.4. The SMILES string of the molecule is Fc1c(F)c(F)c(C2(C(F)(F)C(F)(F)F)c3c(F)c(F)c(F)c(F)c3C(F)(F)C2(F)F)c(F)c1F. The summed E-state index contributed by atoms with van der Waals surface area (Å²) in [5.74, 6) is -55.7. The van der Waals surface area contributed by atoms with Gasteiger partial charge < -0.3 is 0 Å². The highest BCUT2D eigenvalue weighted by molar-refractivity contribution is 5.60. The Morgan fingerprint density at radius 3 is 1.03 bits per heavy atom. The zero-order valence-electron chi connectivity index (χ0n) is 15.3. The standard InChI is InChI=1S/C17F18/c18-4-1-2(5(19)9(23)8(4)22)14(27,28)15(29,30)13(1,16(31,32)17(33,34)35)3-6(20)10(24)12(26)11(25)7(3)21. The van der Waals surface area contributed by atoms with E-state index in [4.69, 9.17) is 0 Å². The summed E-state index contributed by atoms with van der Waals surface area (Å²) in [6, 6.07) is 0. The third-order valence-electron chi connectivity index (χ3n) is 5.23. The Hall–Kier alpha value is -2.82. The molecule has 0 nitrogen and oxygen atoms in total. The van der Waals surface area contributed by atoms with Crippen molar-refractivity contribution in [3.05, 3.63) is 69.0 Å². The van der Waals surface area contributed by atoms with Gasteiger partial charge in [-0.15, -0.1) is 0 Å². The molecule has 0 spiro atoms. The van der Waals surface area contributed by atoms with Crippen LogP contribution in [0, 0.1) is 52.4 Å². The second kappa shape index (κ2) is 7.11. The van der Waals surface area contributed by atoms with Gasteiger partial charge in [-0.3, -0.25) is 0 Å². The van der Waals surface area contributed by atoms with Crippen LogP contribution in [-0.2, 0) is 11.3 Å². The van der Waals surface area contributed by atoms with E-state index in [-0.39, 0.29) is 0 Å². The molecule has 0 aliphatic heterocycles. The van der Waals surface area contributed by atoms with E-state index in [1.807, 2.05) is 0 Å². The molecule has 18 heteroatoms. The van der Waals surface area contributed by atoms with E-state index in [1.165, 1.54) is 0 Å². The van der Waals surface area contributed by atoms with E-state index in [0.717, 1.165) is 0 Å². The first kappa shape index (κ1) is 26.8. The van der Waals surface area contributed by atoms with E-state index < -0.39 is 98.4 Å². The second-order valence-electron chi connectivity index (χ2n) is 6.92. The summed E-state index contributed by atoms with van der Waals surface area (Å²) >= 11 is 0. The van der Waals surface area contributed by atoms with Crippen LogP contribution >= 0.6 is 0 Å². The Bertz CT molecular complexity index is 1230. The van der Waals surface area contributed by atoms with Gasteiger partial charge in [0.25, 0.3) is 0 Å². The third-order valence-corrected chi connectivity index (χ3v) is 5.23. The largest absolute Gasteiger partial charge is 0.454 e. The van der Waals surface area contributed by atoms with E-state index in [1.54, 1.807) is 0 Å². The van der Waals surface area contributed by atoms with Gasteiger partial charge in [-0.1, -0.05) is 0 Å². The summed E-state index contributed by atoms with van der Waals surface area (Å²) in [4.78, 5) is 0. The lowest BCUT2D eigenvalue weighted by atomic mass is 9.66. The lowest BCUT2D eigenvalue weighted by molar-refractivity contribution is -0.350. The molecule has 1 aliphatic carbocycles. The van der Waals surface area contributed by atoms with Crippen molar-refractivity contribution in [1.82, 2.24) is 0 Å². The van der Waals surface area contributed by atoms with Crippen molar-refractivity contribution in [3.63, 3.8) is 0 Å². The Balaban J connectivity index is 2.88. The molecule has 2 aromatic rings. The smallest absolute Gasteiger partial charge is 0.203 e. The number of fused-ring (bicyclic) bond motifs is 1. The average Bonchev–Trinajstić information content (AvgIpc) is 2.88. The molecule has 3 rings (SSSR count). The summed E-state index contributed by atoms with van der Waals surface area (Å²) in [5.41, 5.74) is -19.0. The number of hydrogen-bond donors (Lipinski definition) is 0. The van der Waals surface area contributed by atoms with E-state index >= 15 is 0 Å². The fourth-order valence-electron chi connectivity index (χ4n) is 3.77. The first-order valence-electron chi connectivity index (χ1n) is 8.15. The number of rotatable bonds is 2. The minimum absolute atomic E-state index is 3.39. The van der Waals surface area contributed by atoms with Crippen LogP contribution in [0.15, 0.2) is 0 Å². The lowest BCUT2D eigenvalue weighted by Gasteiger charge is -2.43. The van der Waals surface area contributed by atoms with E-state index in [9.17, 15) is 79.0 Å². The van der Waals surface area contributed by atoms with Gasteiger partial charge in [0.05, 0.1) is 11.1 Å². The molecule has 0 amide bonds. The second-order valence-corrected chi connectivity index (χ2v) is 6.92. The molecule has 0 fully saturated rings. The molecule has 0 N–H and O–H groups in total. The first-order chi connectivity index (χ1) is 15.6. The molecule has 0 heterocycles. The molecule has 0 aromatic heterocycles. The minimum Gasteiger partial charge on any atom is -0.203 e. The zero-order valence-corrected chi connectivity index (χ0v) is 15.3. The molecule has 2 aromatic carbocycles. The monoisotopic (exact) mass is 546 g/mol. The molecule has 0 bridgehead atoms. The van der Waals surface area contributed by atoms with Crippen molar-refractivity contribution in [3.8, 4) is 0 Å². The van der Waals surface area contributed by atoms with Gasteiger partial charge in [0.15, 0.2) is 52.0 Å². The van der Waals surface area contributed by atoms with Crippen LogP contribution in [0.2, 0.25) is 0 Å². The van der Waals surface area contributed by atoms with Crippen molar-refractivity contribution in [2.75, 3.05) is 0 Å². The van der Waals surface area contributed by atoms with Crippen molar-refractivity contribution < 1.29 is 79.0 Å². The summed E-state index contributed by atoms with van der Waals surface area (Å²) in [6.07, 6.45) is -7.73. The zero-order chi connectivity index (χ0) is 27.4. The van der Waals surface area contributed by atoms with Crippen LogP contribution in [0.3, 0.4) is 0 Å². The highest BCUT2D eigenvalue weighted by Gasteiger charge is 2.91. The first-order valence-corrected chi connectivity index (χ1v) is 8.15. The molecular weight excluding hydrogens is 546 g/mol. The molecule has 1 atom stereocenters. The molecule has 35 heavy (non-hydrogen) atoms. The lowest BCUT2D eigenvalue weighted by Crippen LogP contribution is -2.65. The quantitative estimate of drug-likeness (QED) is 0.213. The summed E-state index contributed by atoms with van der Waals surface area (Å²) < 4.78 is 253. The fourth-order valence-corrected chi connectivity index (χ4v) is 3.77. The number of halogens is 18. The third kappa shape index (κ3) is 2.70. The Morgan fingerprint density at radius 2 is 0.686 bits per heavy atom. The summed E-state index contributed by atoms with van der Waals surface area (Å²) in [6.45, 7) is 0. The Morgan fingerprint density at radius 1 is 0.400 bits per heavy atom. The van der Waals surface area contributed by atoms with Gasteiger partial charge in [-0.05, 0) is 0 Å². The van der Waals surface area contributed by atoms with Crippen molar-refractivity contribution in [1.29, 1.82) is 0 Å². The van der Waals surface area contributed by atoms with Crippen molar-refractivity contribution in [2.45, 2.75) is 29.4 Å². The maximum absolute atomic E-state index is 14.9. The Labute approximate surface area is 178 Å². The van der Waals surface area contributed by atoms with Crippen LogP contribution in [-0.4, -0.2) is 18.0 Å². The van der Waals surface area contributed by atoms with Gasteiger partial charge in [0, 0.05) is 5.56 Å². The van der Waals surface area contributed by atoms with Crippen LogP contribution in [0.5, 0.6) is 0 Å². The molecule has 194 valence electrons. The Kier molecular flexibility index (Phi) is 5.44. The maximum atomic E-state index is 14.9. The van der Waals surface area contributed by atoms with E-state index in [0.29, 0.717) is 0 Å². The molecule has 1 aliphatic rings. The molecule has 0 saturated heterocycles. The average molecular weight is 546 g/mol. The molecule has 1 unspecified atom stereocenters. The van der Waals surface area contributed by atoms with Crippen molar-refractivity contribution in [2.24, 2.45) is 0 Å². The maximum Gasteiger partial charge on any atom is 0.454 e. The fraction of sp³-hybridized carbons (Fsp3) is 0.294. The molecule has 0 saturated carbocycles. The van der Waals surface area contributed by atoms with Crippen LogP contribution in [0.1, 0.15) is 16.7 Å².